The number of allylic oxidation sites excluding steroid dienone is 2. The van der Waals surface area contributed by atoms with Gasteiger partial charge >= 0.3 is 5.97 Å². The SMILES string of the molecule is CC1=C(O)C(=O)[C@@](C)(C(=O)Oc2ccc3ccccc3c2)[C@@]1(C)c1ccccc1. The summed E-state index contributed by atoms with van der Waals surface area (Å²) < 4.78 is 5.70. The zero-order valence-corrected chi connectivity index (χ0v) is 16.6. The molecular weight excluding hydrogens is 364 g/mol. The van der Waals surface area contributed by atoms with E-state index in [1.54, 1.807) is 32.9 Å². The highest BCUT2D eigenvalue weighted by Crippen LogP contribution is 2.55. The van der Waals surface area contributed by atoms with Crippen LogP contribution in [0.25, 0.3) is 10.8 Å². The molecule has 29 heavy (non-hydrogen) atoms. The Kier molecular flexibility index (Phi) is 4.30. The minimum atomic E-state index is -1.59. The maximum atomic E-state index is 13.4. The van der Waals surface area contributed by atoms with E-state index in [2.05, 4.69) is 0 Å². The second-order valence-electron chi connectivity index (χ2n) is 7.82. The smallest absolute Gasteiger partial charge is 0.326 e. The molecule has 2 atom stereocenters. The van der Waals surface area contributed by atoms with Crippen molar-refractivity contribution >= 4 is 22.5 Å². The maximum absolute atomic E-state index is 13.4. The summed E-state index contributed by atoms with van der Waals surface area (Å²) in [5.41, 5.74) is -1.38. The van der Waals surface area contributed by atoms with Crippen LogP contribution in [-0.2, 0) is 15.0 Å². The van der Waals surface area contributed by atoms with Crippen molar-refractivity contribution in [1.29, 1.82) is 0 Å². The van der Waals surface area contributed by atoms with Crippen molar-refractivity contribution in [2.24, 2.45) is 5.41 Å². The number of hydrogen-bond acceptors (Lipinski definition) is 4. The molecule has 0 bridgehead atoms. The van der Waals surface area contributed by atoms with Gasteiger partial charge in [-0.1, -0.05) is 67.6 Å². The first kappa shape index (κ1) is 18.9. The molecule has 0 aliphatic heterocycles. The minimum absolute atomic E-state index is 0.363. The number of ether oxygens (including phenoxy) is 1. The van der Waals surface area contributed by atoms with E-state index in [0.717, 1.165) is 16.3 Å². The lowest BCUT2D eigenvalue weighted by atomic mass is 9.61. The fourth-order valence-corrected chi connectivity index (χ4v) is 4.26. The van der Waals surface area contributed by atoms with Crippen LogP contribution in [0.3, 0.4) is 0 Å². The van der Waals surface area contributed by atoms with Crippen LogP contribution in [0, 0.1) is 5.41 Å². The van der Waals surface area contributed by atoms with Crippen molar-refractivity contribution in [2.45, 2.75) is 26.2 Å². The van der Waals surface area contributed by atoms with Crippen molar-refractivity contribution < 1.29 is 19.4 Å². The Morgan fingerprint density at radius 3 is 2.21 bits per heavy atom. The first-order valence-electron chi connectivity index (χ1n) is 9.52. The van der Waals surface area contributed by atoms with Crippen molar-refractivity contribution in [3.8, 4) is 5.75 Å². The van der Waals surface area contributed by atoms with E-state index in [1.807, 2.05) is 60.7 Å². The predicted octanol–water partition coefficient (Wildman–Crippen LogP) is 5.12. The van der Waals surface area contributed by atoms with E-state index in [0.29, 0.717) is 11.3 Å². The molecular formula is C25H22O4. The van der Waals surface area contributed by atoms with Gasteiger partial charge in [0.1, 0.15) is 11.2 Å². The minimum Gasteiger partial charge on any atom is -0.504 e. The molecule has 3 aromatic carbocycles. The molecule has 1 N–H and O–H groups in total. The number of Topliss-reactive ketones (excluding diaryl/α,β-unsaturated/α-hetero) is 1. The highest BCUT2D eigenvalue weighted by atomic mass is 16.5. The number of carbonyl (C=O) groups is 2. The molecule has 0 unspecified atom stereocenters. The molecule has 0 spiro atoms. The molecule has 4 heteroatoms. The predicted molar refractivity (Wildman–Crippen MR) is 112 cm³/mol. The third-order valence-corrected chi connectivity index (χ3v) is 6.47. The first-order chi connectivity index (χ1) is 13.8. The van der Waals surface area contributed by atoms with Crippen molar-refractivity contribution in [3.63, 3.8) is 0 Å². The van der Waals surface area contributed by atoms with Crippen LogP contribution in [0.2, 0.25) is 0 Å². The number of aliphatic hydroxyl groups is 1. The number of carbonyl (C=O) groups excluding carboxylic acids is 2. The average Bonchev–Trinajstić information content (AvgIpc) is 2.89. The van der Waals surface area contributed by atoms with Crippen LogP contribution in [0.4, 0.5) is 0 Å². The molecule has 4 nitrogen and oxygen atoms in total. The number of rotatable bonds is 3. The fourth-order valence-electron chi connectivity index (χ4n) is 4.26. The van der Waals surface area contributed by atoms with Crippen molar-refractivity contribution in [1.82, 2.24) is 0 Å². The summed E-state index contributed by atoms with van der Waals surface area (Å²) in [6.07, 6.45) is 0. The lowest BCUT2D eigenvalue weighted by Gasteiger charge is -2.39. The number of ketones is 1. The van der Waals surface area contributed by atoms with Crippen LogP contribution in [0.1, 0.15) is 26.3 Å². The molecule has 3 aromatic rings. The zero-order valence-electron chi connectivity index (χ0n) is 16.6. The van der Waals surface area contributed by atoms with Gasteiger partial charge in [0.15, 0.2) is 5.76 Å². The van der Waals surface area contributed by atoms with Crippen LogP contribution < -0.4 is 4.74 Å². The first-order valence-corrected chi connectivity index (χ1v) is 9.52. The summed E-state index contributed by atoms with van der Waals surface area (Å²) in [7, 11) is 0. The Bertz CT molecular complexity index is 1160. The van der Waals surface area contributed by atoms with Crippen LogP contribution in [-0.4, -0.2) is 16.9 Å². The van der Waals surface area contributed by atoms with Crippen LogP contribution in [0.15, 0.2) is 84.1 Å². The summed E-state index contributed by atoms with van der Waals surface area (Å²) in [4.78, 5) is 26.4. The van der Waals surface area contributed by atoms with Gasteiger partial charge in [-0.3, -0.25) is 9.59 Å². The monoisotopic (exact) mass is 386 g/mol. The molecule has 0 saturated carbocycles. The van der Waals surface area contributed by atoms with Gasteiger partial charge in [-0.25, -0.2) is 0 Å². The molecule has 0 heterocycles. The Balaban J connectivity index is 1.78. The Hall–Kier alpha value is -3.40. The second kappa shape index (κ2) is 6.59. The summed E-state index contributed by atoms with van der Waals surface area (Å²) >= 11 is 0. The van der Waals surface area contributed by atoms with Crippen LogP contribution in [0.5, 0.6) is 5.75 Å². The molecule has 146 valence electrons. The Morgan fingerprint density at radius 1 is 0.897 bits per heavy atom. The molecule has 4 rings (SSSR count). The summed E-state index contributed by atoms with van der Waals surface area (Å²) in [6, 6.07) is 22.4. The highest BCUT2D eigenvalue weighted by Gasteiger charge is 2.64. The van der Waals surface area contributed by atoms with E-state index in [1.165, 1.54) is 0 Å². The van der Waals surface area contributed by atoms with Gasteiger partial charge in [0.05, 0.1) is 0 Å². The molecule has 0 saturated heterocycles. The summed E-state index contributed by atoms with van der Waals surface area (Å²) in [5, 5.41) is 12.4. The van der Waals surface area contributed by atoms with Crippen LogP contribution >= 0.6 is 0 Å². The molecule has 0 amide bonds. The summed E-state index contributed by atoms with van der Waals surface area (Å²) in [6.45, 7) is 5.05. The largest absolute Gasteiger partial charge is 0.504 e. The average molecular weight is 386 g/mol. The normalized spacial score (nSPS) is 24.2. The van der Waals surface area contributed by atoms with Gasteiger partial charge in [-0.05, 0) is 47.9 Å². The number of esters is 1. The second-order valence-corrected chi connectivity index (χ2v) is 7.82. The molecule has 0 fully saturated rings. The van der Waals surface area contributed by atoms with Crippen molar-refractivity contribution in [3.05, 3.63) is 89.7 Å². The van der Waals surface area contributed by atoms with Gasteiger partial charge < -0.3 is 9.84 Å². The lowest BCUT2D eigenvalue weighted by molar-refractivity contribution is -0.153. The Morgan fingerprint density at radius 2 is 1.52 bits per heavy atom. The van der Waals surface area contributed by atoms with E-state index < -0.39 is 22.6 Å². The van der Waals surface area contributed by atoms with E-state index in [4.69, 9.17) is 4.74 Å². The third kappa shape index (κ3) is 2.59. The maximum Gasteiger partial charge on any atom is 0.326 e. The molecule has 1 aliphatic carbocycles. The van der Waals surface area contributed by atoms with Gasteiger partial charge in [0, 0.05) is 5.41 Å². The van der Waals surface area contributed by atoms with Gasteiger partial charge in [-0.15, -0.1) is 0 Å². The third-order valence-electron chi connectivity index (χ3n) is 6.47. The molecule has 0 radical (unpaired) electrons. The van der Waals surface area contributed by atoms with E-state index >= 15 is 0 Å². The van der Waals surface area contributed by atoms with Gasteiger partial charge in [-0.2, -0.15) is 0 Å². The quantitative estimate of drug-likeness (QED) is 0.385. The number of hydrogen-bond donors (Lipinski definition) is 1. The lowest BCUT2D eigenvalue weighted by Crippen LogP contribution is -2.51. The molecule has 0 aromatic heterocycles. The fraction of sp³-hybridized carbons (Fsp3) is 0.200. The molecule has 1 aliphatic rings. The Labute approximate surface area is 169 Å². The zero-order chi connectivity index (χ0) is 20.8. The van der Waals surface area contributed by atoms with E-state index in [-0.39, 0.29) is 5.76 Å². The van der Waals surface area contributed by atoms with Gasteiger partial charge in [0.25, 0.3) is 0 Å². The highest BCUT2D eigenvalue weighted by molar-refractivity contribution is 6.16. The topological polar surface area (TPSA) is 63.6 Å². The number of aliphatic hydroxyl groups excluding tert-OH is 1. The number of benzene rings is 3. The van der Waals surface area contributed by atoms with E-state index in [9.17, 15) is 14.7 Å². The standard InChI is InChI=1S/C25H22O4/c1-16-21(26)22(27)25(3,24(16,2)19-11-5-4-6-12-19)23(28)29-20-14-13-17-9-7-8-10-18(17)15-20/h4-15,26H,1-3H3/t24-,25+/m1/s1. The van der Waals surface area contributed by atoms with Gasteiger partial charge in [0.2, 0.25) is 5.78 Å². The summed E-state index contributed by atoms with van der Waals surface area (Å²) in [5.74, 6) is -1.31. The van der Waals surface area contributed by atoms with Crippen molar-refractivity contribution in [2.75, 3.05) is 0 Å². The number of fused-ring (bicyclic) bond motifs is 1.